The fraction of sp³-hybridized carbons (Fsp3) is 0.250. The number of hydrogen-bond acceptors (Lipinski definition) is 7. The molecule has 22 heavy (non-hydrogen) atoms. The highest BCUT2D eigenvalue weighted by molar-refractivity contribution is 5.82. The second kappa shape index (κ2) is 7.57. The third-order valence-corrected chi connectivity index (χ3v) is 2.41. The number of rotatable bonds is 8. The lowest BCUT2D eigenvalue weighted by Gasteiger charge is -2.13. The SMILES string of the molecule is COc1ccc(/C=N\N(CC(=O)O)CC(=O)O)cc1[N+](=O)[O-]. The number of nitro groups is 1. The van der Waals surface area contributed by atoms with Crippen molar-refractivity contribution in [3.63, 3.8) is 0 Å². The third kappa shape index (κ3) is 5.07. The van der Waals surface area contributed by atoms with Crippen molar-refractivity contribution >= 4 is 23.8 Å². The molecule has 0 amide bonds. The average Bonchev–Trinajstić information content (AvgIpc) is 2.43. The van der Waals surface area contributed by atoms with E-state index in [1.807, 2.05) is 0 Å². The van der Waals surface area contributed by atoms with Gasteiger partial charge >= 0.3 is 17.6 Å². The van der Waals surface area contributed by atoms with E-state index in [9.17, 15) is 19.7 Å². The maximum atomic E-state index is 10.9. The quantitative estimate of drug-likeness (QED) is 0.399. The summed E-state index contributed by atoms with van der Waals surface area (Å²) < 4.78 is 4.84. The van der Waals surface area contributed by atoms with Crippen LogP contribution in [0.2, 0.25) is 0 Å². The van der Waals surface area contributed by atoms with E-state index in [-0.39, 0.29) is 11.4 Å². The van der Waals surface area contributed by atoms with Gasteiger partial charge in [0.25, 0.3) is 0 Å². The van der Waals surface area contributed by atoms with E-state index in [1.165, 1.54) is 25.3 Å². The molecule has 0 fully saturated rings. The first kappa shape index (κ1) is 16.9. The Balaban J connectivity index is 2.99. The number of hydrazone groups is 1. The van der Waals surface area contributed by atoms with Crippen molar-refractivity contribution in [2.45, 2.75) is 0 Å². The summed E-state index contributed by atoms with van der Waals surface area (Å²) in [5.41, 5.74) is 0.0164. The molecule has 0 bridgehead atoms. The van der Waals surface area contributed by atoms with Gasteiger partial charge in [-0.05, 0) is 12.1 Å². The second-order valence-electron chi connectivity index (χ2n) is 4.04. The largest absolute Gasteiger partial charge is 0.490 e. The summed E-state index contributed by atoms with van der Waals surface area (Å²) in [5.74, 6) is -2.44. The van der Waals surface area contributed by atoms with Crippen LogP contribution in [0.25, 0.3) is 0 Å². The van der Waals surface area contributed by atoms with Gasteiger partial charge in [-0.3, -0.25) is 24.7 Å². The minimum Gasteiger partial charge on any atom is -0.490 e. The van der Waals surface area contributed by atoms with E-state index >= 15 is 0 Å². The van der Waals surface area contributed by atoms with Crippen LogP contribution in [-0.4, -0.2) is 58.5 Å². The second-order valence-corrected chi connectivity index (χ2v) is 4.04. The van der Waals surface area contributed by atoms with Crippen molar-refractivity contribution in [3.8, 4) is 5.75 Å². The number of carboxylic acids is 2. The van der Waals surface area contributed by atoms with Gasteiger partial charge < -0.3 is 14.9 Å². The molecule has 1 aromatic carbocycles. The first-order chi connectivity index (χ1) is 10.3. The van der Waals surface area contributed by atoms with Crippen LogP contribution in [0.4, 0.5) is 5.69 Å². The van der Waals surface area contributed by atoms with Gasteiger partial charge in [0.2, 0.25) is 0 Å². The van der Waals surface area contributed by atoms with Crippen LogP contribution in [0.5, 0.6) is 5.75 Å². The lowest BCUT2D eigenvalue weighted by Crippen LogP contribution is -2.30. The third-order valence-electron chi connectivity index (χ3n) is 2.41. The number of nitro benzene ring substituents is 1. The predicted octanol–water partition coefficient (Wildman–Crippen LogP) is 0.408. The van der Waals surface area contributed by atoms with Gasteiger partial charge in [-0.15, -0.1) is 0 Å². The minimum absolute atomic E-state index is 0.0649. The fourth-order valence-electron chi connectivity index (χ4n) is 1.53. The van der Waals surface area contributed by atoms with Crippen molar-refractivity contribution in [1.29, 1.82) is 0 Å². The van der Waals surface area contributed by atoms with Crippen molar-refractivity contribution in [2.75, 3.05) is 20.2 Å². The molecule has 1 rings (SSSR count). The highest BCUT2D eigenvalue weighted by Crippen LogP contribution is 2.26. The van der Waals surface area contributed by atoms with Crippen LogP contribution < -0.4 is 4.74 Å². The highest BCUT2D eigenvalue weighted by Gasteiger charge is 2.15. The Morgan fingerprint density at radius 3 is 2.41 bits per heavy atom. The van der Waals surface area contributed by atoms with Crippen LogP contribution in [0.3, 0.4) is 0 Å². The summed E-state index contributed by atoms with van der Waals surface area (Å²) >= 11 is 0. The molecule has 0 aromatic heterocycles. The number of ether oxygens (including phenoxy) is 1. The molecule has 0 unspecified atom stereocenters. The Morgan fingerprint density at radius 1 is 1.36 bits per heavy atom. The molecule has 1 aromatic rings. The van der Waals surface area contributed by atoms with Crippen LogP contribution in [-0.2, 0) is 9.59 Å². The molecule has 0 atom stereocenters. The Kier molecular flexibility index (Phi) is 5.81. The van der Waals surface area contributed by atoms with E-state index < -0.39 is 30.0 Å². The summed E-state index contributed by atoms with van der Waals surface area (Å²) in [6.45, 7) is -1.22. The number of carboxylic acid groups (broad SMARTS) is 2. The van der Waals surface area contributed by atoms with Crippen molar-refractivity contribution in [2.24, 2.45) is 5.10 Å². The molecule has 0 spiro atoms. The van der Waals surface area contributed by atoms with Crippen molar-refractivity contribution in [1.82, 2.24) is 5.01 Å². The molecule has 0 heterocycles. The topological polar surface area (TPSA) is 143 Å². The van der Waals surface area contributed by atoms with Gasteiger partial charge in [-0.1, -0.05) is 0 Å². The summed E-state index contributed by atoms with van der Waals surface area (Å²) in [4.78, 5) is 31.5. The van der Waals surface area contributed by atoms with Gasteiger partial charge in [0.05, 0.1) is 18.2 Å². The minimum atomic E-state index is -1.25. The van der Waals surface area contributed by atoms with Crippen LogP contribution >= 0.6 is 0 Å². The highest BCUT2D eigenvalue weighted by atomic mass is 16.6. The molecular formula is C12H13N3O7. The zero-order valence-corrected chi connectivity index (χ0v) is 11.5. The van der Waals surface area contributed by atoms with E-state index in [4.69, 9.17) is 14.9 Å². The molecule has 10 nitrogen and oxygen atoms in total. The van der Waals surface area contributed by atoms with E-state index in [2.05, 4.69) is 5.10 Å². The normalized spacial score (nSPS) is 10.4. The lowest BCUT2D eigenvalue weighted by atomic mass is 10.2. The smallest absolute Gasteiger partial charge is 0.324 e. The number of nitrogens with zero attached hydrogens (tertiary/aromatic N) is 3. The fourth-order valence-corrected chi connectivity index (χ4v) is 1.53. The molecule has 10 heteroatoms. The molecule has 0 aliphatic heterocycles. The number of carbonyl (C=O) groups is 2. The zero-order valence-electron chi connectivity index (χ0n) is 11.5. The number of hydrogen-bond donors (Lipinski definition) is 2. The Labute approximate surface area is 124 Å². The van der Waals surface area contributed by atoms with Gasteiger partial charge in [-0.2, -0.15) is 5.10 Å². The average molecular weight is 311 g/mol. The first-order valence-electron chi connectivity index (χ1n) is 5.88. The Morgan fingerprint density at radius 2 is 1.95 bits per heavy atom. The summed E-state index contributed by atoms with van der Waals surface area (Å²) in [6, 6.07) is 4.01. The van der Waals surface area contributed by atoms with Crippen LogP contribution in [0, 0.1) is 10.1 Å². The molecule has 118 valence electrons. The zero-order chi connectivity index (χ0) is 16.7. The molecule has 2 N–H and O–H groups in total. The van der Waals surface area contributed by atoms with E-state index in [0.717, 1.165) is 11.2 Å². The van der Waals surface area contributed by atoms with Crippen molar-refractivity contribution in [3.05, 3.63) is 33.9 Å². The summed E-state index contributed by atoms with van der Waals surface area (Å²) in [7, 11) is 1.29. The monoisotopic (exact) mass is 311 g/mol. The standard InChI is InChI=1S/C12H13N3O7/c1-22-10-3-2-8(4-9(10)15(20)21)5-13-14(6-11(16)17)7-12(18)19/h2-5H,6-7H2,1H3,(H,16,17)(H,18,19)/b13-5-. The lowest BCUT2D eigenvalue weighted by molar-refractivity contribution is -0.385. The maximum absolute atomic E-state index is 10.9. The van der Waals surface area contributed by atoms with Gasteiger partial charge in [-0.25, -0.2) is 0 Å². The van der Waals surface area contributed by atoms with Crippen LogP contribution in [0.15, 0.2) is 23.3 Å². The van der Waals surface area contributed by atoms with Gasteiger partial charge in [0.1, 0.15) is 13.1 Å². The number of benzene rings is 1. The van der Waals surface area contributed by atoms with Crippen molar-refractivity contribution < 1.29 is 29.5 Å². The summed E-state index contributed by atoms with van der Waals surface area (Å²) in [6.07, 6.45) is 1.14. The predicted molar refractivity (Wildman–Crippen MR) is 74.1 cm³/mol. The van der Waals surface area contributed by atoms with Gasteiger partial charge in [0.15, 0.2) is 5.75 Å². The molecule has 0 saturated heterocycles. The number of methoxy groups -OCH3 is 1. The van der Waals surface area contributed by atoms with E-state index in [0.29, 0.717) is 5.56 Å². The Hall–Kier alpha value is -3.17. The molecule has 0 aliphatic rings. The van der Waals surface area contributed by atoms with Gasteiger partial charge in [0, 0.05) is 11.6 Å². The molecule has 0 aliphatic carbocycles. The number of aliphatic carboxylic acids is 2. The molecular weight excluding hydrogens is 298 g/mol. The Bertz CT molecular complexity index is 599. The molecule has 0 saturated carbocycles. The molecule has 0 radical (unpaired) electrons. The maximum Gasteiger partial charge on any atom is 0.324 e. The first-order valence-corrected chi connectivity index (χ1v) is 5.88. The van der Waals surface area contributed by atoms with E-state index in [1.54, 1.807) is 0 Å². The van der Waals surface area contributed by atoms with Crippen LogP contribution in [0.1, 0.15) is 5.56 Å². The summed E-state index contributed by atoms with van der Waals surface area (Å²) in [5, 5.41) is 32.7.